The Kier molecular flexibility index (Phi) is 4.55. The van der Waals surface area contributed by atoms with Crippen molar-refractivity contribution in [2.45, 2.75) is 6.18 Å². The van der Waals surface area contributed by atoms with Gasteiger partial charge in [-0.25, -0.2) is 4.98 Å². The van der Waals surface area contributed by atoms with Crippen molar-refractivity contribution in [3.8, 4) is 5.88 Å². The molecule has 1 aromatic heterocycles. The molecule has 0 saturated carbocycles. The van der Waals surface area contributed by atoms with Crippen LogP contribution in [0.25, 0.3) is 0 Å². The van der Waals surface area contributed by atoms with Crippen LogP contribution < -0.4 is 9.64 Å². The van der Waals surface area contributed by atoms with E-state index in [2.05, 4.69) is 32.6 Å². The number of aromatic nitrogens is 2. The highest BCUT2D eigenvalue weighted by Gasteiger charge is 2.36. The van der Waals surface area contributed by atoms with E-state index in [-0.39, 0.29) is 5.95 Å². The largest absolute Gasteiger partial charge is 0.480 e. The van der Waals surface area contributed by atoms with Gasteiger partial charge in [0.1, 0.15) is 5.56 Å². The average Bonchev–Trinajstić information content (AvgIpc) is 2.45. The Morgan fingerprint density at radius 2 is 1.81 bits per heavy atom. The van der Waals surface area contributed by atoms with Crippen LogP contribution in [0.15, 0.2) is 30.5 Å². The SMILES string of the molecule is COc1nc(N(C)c2ccc(I)cc2)ncc1C(F)(F)F. The van der Waals surface area contributed by atoms with Crippen molar-refractivity contribution >= 4 is 34.2 Å². The number of methoxy groups -OCH3 is 1. The standard InChI is InChI=1S/C13H11F3IN3O/c1-20(9-5-3-8(17)4-6-9)12-18-7-10(13(14,15)16)11(19-12)21-2/h3-7H,1-2H3. The topological polar surface area (TPSA) is 38.2 Å². The molecule has 0 spiro atoms. The molecular weight excluding hydrogens is 398 g/mol. The number of alkyl halides is 3. The van der Waals surface area contributed by atoms with Gasteiger partial charge in [-0.15, -0.1) is 0 Å². The van der Waals surface area contributed by atoms with Crippen molar-refractivity contribution in [3.05, 3.63) is 39.6 Å². The molecule has 0 fully saturated rings. The predicted octanol–water partition coefficient (Wildman–Crippen LogP) is 3.88. The molecule has 0 radical (unpaired) electrons. The average molecular weight is 409 g/mol. The molecule has 0 N–H and O–H groups in total. The fourth-order valence-corrected chi connectivity index (χ4v) is 2.01. The molecule has 21 heavy (non-hydrogen) atoms. The molecule has 1 heterocycles. The Hall–Kier alpha value is -1.58. The maximum absolute atomic E-state index is 12.8. The fourth-order valence-electron chi connectivity index (χ4n) is 1.65. The molecule has 112 valence electrons. The van der Waals surface area contributed by atoms with Gasteiger partial charge in [-0.05, 0) is 46.9 Å². The molecule has 2 rings (SSSR count). The first-order valence-corrected chi connectivity index (χ1v) is 6.88. The number of ether oxygens (including phenoxy) is 1. The molecule has 4 nitrogen and oxygen atoms in total. The summed E-state index contributed by atoms with van der Waals surface area (Å²) in [6.07, 6.45) is -3.82. The van der Waals surface area contributed by atoms with E-state index in [1.807, 2.05) is 24.3 Å². The monoisotopic (exact) mass is 409 g/mol. The Balaban J connectivity index is 2.38. The highest BCUT2D eigenvalue weighted by Crippen LogP contribution is 2.35. The second-order valence-corrected chi connectivity index (χ2v) is 5.37. The second kappa shape index (κ2) is 6.04. The molecule has 0 amide bonds. The van der Waals surface area contributed by atoms with Gasteiger partial charge in [0.15, 0.2) is 0 Å². The van der Waals surface area contributed by atoms with E-state index in [0.29, 0.717) is 0 Å². The Labute approximate surface area is 133 Å². The summed E-state index contributed by atoms with van der Waals surface area (Å²) in [6.45, 7) is 0. The highest BCUT2D eigenvalue weighted by molar-refractivity contribution is 14.1. The Morgan fingerprint density at radius 3 is 2.33 bits per heavy atom. The molecule has 0 unspecified atom stereocenters. The van der Waals surface area contributed by atoms with E-state index in [9.17, 15) is 13.2 Å². The first kappa shape index (κ1) is 15.8. The molecule has 0 saturated heterocycles. The Bertz CT molecular complexity index is 632. The third kappa shape index (κ3) is 3.55. The third-order valence-electron chi connectivity index (χ3n) is 2.75. The number of benzene rings is 1. The van der Waals surface area contributed by atoms with Crippen LogP contribution in [0.1, 0.15) is 5.56 Å². The van der Waals surface area contributed by atoms with Crippen molar-refractivity contribution in [2.75, 3.05) is 19.1 Å². The summed E-state index contributed by atoms with van der Waals surface area (Å²) >= 11 is 2.16. The molecule has 0 aliphatic heterocycles. The molecular formula is C13H11F3IN3O. The number of halogens is 4. The van der Waals surface area contributed by atoms with Gasteiger partial charge >= 0.3 is 6.18 Å². The number of hydrogen-bond donors (Lipinski definition) is 0. The number of anilines is 2. The maximum Gasteiger partial charge on any atom is 0.423 e. The zero-order chi connectivity index (χ0) is 15.6. The Morgan fingerprint density at radius 1 is 1.19 bits per heavy atom. The van der Waals surface area contributed by atoms with E-state index >= 15 is 0 Å². The maximum atomic E-state index is 12.8. The van der Waals surface area contributed by atoms with Crippen molar-refractivity contribution in [3.63, 3.8) is 0 Å². The van der Waals surface area contributed by atoms with Gasteiger partial charge in [0.25, 0.3) is 0 Å². The van der Waals surface area contributed by atoms with E-state index in [1.165, 1.54) is 0 Å². The second-order valence-electron chi connectivity index (χ2n) is 4.13. The summed E-state index contributed by atoms with van der Waals surface area (Å²) in [5.74, 6) is -0.370. The minimum Gasteiger partial charge on any atom is -0.480 e. The number of nitrogens with zero attached hydrogens (tertiary/aromatic N) is 3. The lowest BCUT2D eigenvalue weighted by Crippen LogP contribution is -2.16. The quantitative estimate of drug-likeness (QED) is 0.722. The van der Waals surface area contributed by atoms with Crippen LogP contribution in [0.5, 0.6) is 5.88 Å². The van der Waals surface area contributed by atoms with Crippen LogP contribution in [0, 0.1) is 3.57 Å². The van der Waals surface area contributed by atoms with Gasteiger partial charge in [0, 0.05) is 22.5 Å². The van der Waals surface area contributed by atoms with Gasteiger partial charge in [-0.1, -0.05) is 0 Å². The van der Waals surface area contributed by atoms with Crippen LogP contribution in [0.2, 0.25) is 0 Å². The predicted molar refractivity (Wildman–Crippen MR) is 80.8 cm³/mol. The van der Waals surface area contributed by atoms with Crippen molar-refractivity contribution in [1.82, 2.24) is 9.97 Å². The highest BCUT2D eigenvalue weighted by atomic mass is 127. The van der Waals surface area contributed by atoms with Gasteiger partial charge in [-0.2, -0.15) is 18.2 Å². The molecule has 2 aromatic rings. The van der Waals surface area contributed by atoms with Crippen LogP contribution in [0.4, 0.5) is 24.8 Å². The number of rotatable bonds is 3. The lowest BCUT2D eigenvalue weighted by molar-refractivity contribution is -0.139. The zero-order valence-electron chi connectivity index (χ0n) is 11.1. The van der Waals surface area contributed by atoms with Gasteiger partial charge in [-0.3, -0.25) is 0 Å². The summed E-state index contributed by atoms with van der Waals surface area (Å²) in [5.41, 5.74) is -0.234. The summed E-state index contributed by atoms with van der Waals surface area (Å²) < 4.78 is 44.1. The molecule has 0 aliphatic carbocycles. The van der Waals surface area contributed by atoms with E-state index in [0.717, 1.165) is 22.6 Å². The molecule has 0 aliphatic rings. The lowest BCUT2D eigenvalue weighted by atomic mass is 10.3. The van der Waals surface area contributed by atoms with Crippen LogP contribution in [-0.4, -0.2) is 24.1 Å². The normalized spacial score (nSPS) is 11.3. The number of hydrogen-bond acceptors (Lipinski definition) is 4. The first-order chi connectivity index (χ1) is 9.82. The van der Waals surface area contributed by atoms with E-state index in [1.54, 1.807) is 11.9 Å². The molecule has 0 bridgehead atoms. The van der Waals surface area contributed by atoms with Crippen LogP contribution in [0.3, 0.4) is 0 Å². The smallest absolute Gasteiger partial charge is 0.423 e. The molecule has 0 atom stereocenters. The van der Waals surface area contributed by atoms with Crippen LogP contribution in [-0.2, 0) is 6.18 Å². The third-order valence-corrected chi connectivity index (χ3v) is 3.47. The minimum absolute atomic E-state index is 0.126. The molecule has 8 heteroatoms. The van der Waals surface area contributed by atoms with Crippen LogP contribution >= 0.6 is 22.6 Å². The fraction of sp³-hybridized carbons (Fsp3) is 0.231. The van der Waals surface area contributed by atoms with Gasteiger partial charge < -0.3 is 9.64 Å². The first-order valence-electron chi connectivity index (χ1n) is 5.80. The zero-order valence-corrected chi connectivity index (χ0v) is 13.3. The van der Waals surface area contributed by atoms with E-state index < -0.39 is 17.6 Å². The lowest BCUT2D eigenvalue weighted by Gasteiger charge is -2.19. The van der Waals surface area contributed by atoms with Gasteiger partial charge in [0.2, 0.25) is 11.8 Å². The van der Waals surface area contributed by atoms with E-state index in [4.69, 9.17) is 4.74 Å². The van der Waals surface area contributed by atoms with Gasteiger partial charge in [0.05, 0.1) is 7.11 Å². The summed E-state index contributed by atoms with van der Waals surface area (Å²) in [5, 5.41) is 0. The summed E-state index contributed by atoms with van der Waals surface area (Å²) in [6, 6.07) is 7.42. The van der Waals surface area contributed by atoms with Crippen molar-refractivity contribution < 1.29 is 17.9 Å². The van der Waals surface area contributed by atoms with Crippen molar-refractivity contribution in [2.24, 2.45) is 0 Å². The molecule has 1 aromatic carbocycles. The summed E-state index contributed by atoms with van der Waals surface area (Å²) in [4.78, 5) is 9.17. The summed E-state index contributed by atoms with van der Waals surface area (Å²) in [7, 11) is 2.82. The minimum atomic E-state index is -4.55. The van der Waals surface area contributed by atoms with Crippen molar-refractivity contribution in [1.29, 1.82) is 0 Å².